The third-order valence-electron chi connectivity index (χ3n) is 3.32. The Morgan fingerprint density at radius 3 is 2.70 bits per heavy atom. The fourth-order valence-corrected chi connectivity index (χ4v) is 2.32. The summed E-state index contributed by atoms with van der Waals surface area (Å²) in [6.07, 6.45) is 0.623. The largest absolute Gasteiger partial charge is 0.350 e. The van der Waals surface area contributed by atoms with E-state index in [9.17, 15) is 13.6 Å². The van der Waals surface area contributed by atoms with E-state index in [0.29, 0.717) is 16.5 Å². The van der Waals surface area contributed by atoms with E-state index < -0.39 is 19.0 Å². The first-order chi connectivity index (χ1) is 9.34. The Morgan fingerprint density at radius 1 is 1.40 bits per heavy atom. The van der Waals surface area contributed by atoms with Crippen molar-refractivity contribution in [3.05, 3.63) is 33.8 Å². The van der Waals surface area contributed by atoms with Gasteiger partial charge < -0.3 is 11.1 Å². The van der Waals surface area contributed by atoms with Crippen LogP contribution in [0.25, 0.3) is 0 Å². The van der Waals surface area contributed by atoms with Crippen LogP contribution < -0.4 is 11.1 Å². The number of hydrogen-bond acceptors (Lipinski definition) is 2. The number of alkyl halides is 2. The molecule has 0 bridgehead atoms. The van der Waals surface area contributed by atoms with Crippen molar-refractivity contribution in [1.82, 2.24) is 5.32 Å². The topological polar surface area (TPSA) is 55.1 Å². The van der Waals surface area contributed by atoms with Crippen LogP contribution in [-0.2, 0) is 4.79 Å². The Labute approximate surface area is 125 Å². The molecule has 1 saturated carbocycles. The number of amides is 1. The van der Waals surface area contributed by atoms with Crippen molar-refractivity contribution in [3.63, 3.8) is 0 Å². The molecule has 1 fully saturated rings. The Morgan fingerprint density at radius 2 is 2.10 bits per heavy atom. The fraction of sp³-hybridized carbons (Fsp3) is 0.462. The van der Waals surface area contributed by atoms with Gasteiger partial charge in [-0.25, -0.2) is 8.78 Å². The van der Waals surface area contributed by atoms with Gasteiger partial charge in [0.25, 0.3) is 5.92 Å². The Balaban J connectivity index is 1.91. The maximum atomic E-state index is 12.9. The van der Waals surface area contributed by atoms with Crippen molar-refractivity contribution < 1.29 is 13.6 Å². The molecule has 20 heavy (non-hydrogen) atoms. The molecule has 0 heterocycles. The second-order valence-corrected chi connectivity index (χ2v) is 5.71. The van der Waals surface area contributed by atoms with Crippen molar-refractivity contribution in [1.29, 1.82) is 0 Å². The van der Waals surface area contributed by atoms with Crippen LogP contribution in [0.3, 0.4) is 0 Å². The van der Waals surface area contributed by atoms with E-state index in [-0.39, 0.29) is 17.7 Å². The number of nitrogens with two attached hydrogens (primary N) is 1. The molecule has 0 saturated heterocycles. The summed E-state index contributed by atoms with van der Waals surface area (Å²) < 4.78 is 25.9. The average molecular weight is 323 g/mol. The molecule has 2 atom stereocenters. The van der Waals surface area contributed by atoms with Crippen molar-refractivity contribution in [2.75, 3.05) is 13.1 Å². The van der Waals surface area contributed by atoms with Crippen LogP contribution in [0.1, 0.15) is 17.9 Å². The summed E-state index contributed by atoms with van der Waals surface area (Å²) in [6, 6.07) is 5.16. The Bertz CT molecular complexity index is 525. The SMILES string of the molecule is NCC(F)(F)CNC(=O)C1CC1c1ccc(Cl)c(Cl)c1. The predicted molar refractivity (Wildman–Crippen MR) is 74.3 cm³/mol. The molecule has 1 aliphatic carbocycles. The van der Waals surface area contributed by atoms with Crippen LogP contribution >= 0.6 is 23.2 Å². The number of rotatable bonds is 5. The molecular weight excluding hydrogens is 309 g/mol. The molecule has 0 aliphatic heterocycles. The quantitative estimate of drug-likeness (QED) is 0.875. The summed E-state index contributed by atoms with van der Waals surface area (Å²) in [5.41, 5.74) is 5.80. The van der Waals surface area contributed by atoms with Crippen LogP contribution in [0, 0.1) is 5.92 Å². The van der Waals surface area contributed by atoms with E-state index in [0.717, 1.165) is 5.56 Å². The maximum Gasteiger partial charge on any atom is 0.277 e. The molecule has 0 spiro atoms. The van der Waals surface area contributed by atoms with Crippen LogP contribution in [0.15, 0.2) is 18.2 Å². The van der Waals surface area contributed by atoms with Crippen molar-refractivity contribution in [2.45, 2.75) is 18.3 Å². The van der Waals surface area contributed by atoms with Crippen LogP contribution in [0.2, 0.25) is 10.0 Å². The number of nitrogens with one attached hydrogen (secondary N) is 1. The highest BCUT2D eigenvalue weighted by molar-refractivity contribution is 6.42. The third-order valence-corrected chi connectivity index (χ3v) is 4.06. The molecule has 3 N–H and O–H groups in total. The van der Waals surface area contributed by atoms with Gasteiger partial charge in [-0.15, -0.1) is 0 Å². The number of hydrogen-bond donors (Lipinski definition) is 2. The van der Waals surface area contributed by atoms with Gasteiger partial charge in [0.1, 0.15) is 0 Å². The summed E-state index contributed by atoms with van der Waals surface area (Å²) >= 11 is 11.7. The van der Waals surface area contributed by atoms with E-state index in [1.807, 2.05) is 0 Å². The first-order valence-electron chi connectivity index (χ1n) is 6.14. The summed E-state index contributed by atoms with van der Waals surface area (Å²) in [6.45, 7) is -1.51. The molecule has 2 unspecified atom stereocenters. The summed E-state index contributed by atoms with van der Waals surface area (Å²) in [4.78, 5) is 11.8. The Kier molecular flexibility index (Phi) is 4.52. The molecule has 0 radical (unpaired) electrons. The van der Waals surface area contributed by atoms with Crippen molar-refractivity contribution in [3.8, 4) is 0 Å². The standard InChI is InChI=1S/C13H14Cl2F2N2O/c14-10-2-1-7(3-11(10)15)8-4-9(8)12(20)19-6-13(16,17)5-18/h1-3,8-9H,4-6,18H2,(H,19,20). The molecule has 3 nitrogen and oxygen atoms in total. The van der Waals surface area contributed by atoms with Crippen LogP contribution in [-0.4, -0.2) is 24.9 Å². The molecule has 1 amide bonds. The molecule has 1 aliphatic rings. The predicted octanol–water partition coefficient (Wildman–Crippen LogP) is 2.81. The normalized spacial score (nSPS) is 21.6. The molecule has 110 valence electrons. The van der Waals surface area contributed by atoms with Gasteiger partial charge in [-0.1, -0.05) is 29.3 Å². The lowest BCUT2D eigenvalue weighted by atomic mass is 10.1. The lowest BCUT2D eigenvalue weighted by Crippen LogP contribution is -2.42. The molecule has 2 rings (SSSR count). The van der Waals surface area contributed by atoms with Crippen LogP contribution in [0.4, 0.5) is 8.78 Å². The van der Waals surface area contributed by atoms with Gasteiger partial charge >= 0.3 is 0 Å². The zero-order valence-electron chi connectivity index (χ0n) is 10.5. The lowest BCUT2D eigenvalue weighted by molar-refractivity contribution is -0.124. The first kappa shape index (κ1) is 15.5. The van der Waals surface area contributed by atoms with Gasteiger partial charge in [0, 0.05) is 5.92 Å². The minimum atomic E-state index is -3.07. The van der Waals surface area contributed by atoms with E-state index in [1.165, 1.54) is 0 Å². The van der Waals surface area contributed by atoms with Gasteiger partial charge in [0.2, 0.25) is 5.91 Å². The number of carbonyl (C=O) groups is 1. The van der Waals surface area contributed by atoms with E-state index >= 15 is 0 Å². The zero-order chi connectivity index (χ0) is 14.9. The number of halogens is 4. The summed E-state index contributed by atoms with van der Waals surface area (Å²) in [5, 5.41) is 3.10. The number of carbonyl (C=O) groups excluding carboxylic acids is 1. The smallest absolute Gasteiger partial charge is 0.277 e. The molecule has 1 aromatic rings. The minimum Gasteiger partial charge on any atom is -0.350 e. The van der Waals surface area contributed by atoms with Gasteiger partial charge in [-0.3, -0.25) is 4.79 Å². The van der Waals surface area contributed by atoms with E-state index in [2.05, 4.69) is 5.32 Å². The fourth-order valence-electron chi connectivity index (χ4n) is 2.02. The highest BCUT2D eigenvalue weighted by atomic mass is 35.5. The molecule has 1 aromatic carbocycles. The first-order valence-corrected chi connectivity index (χ1v) is 6.90. The zero-order valence-corrected chi connectivity index (χ0v) is 12.0. The second kappa shape index (κ2) is 5.84. The van der Waals surface area contributed by atoms with Gasteiger partial charge in [-0.05, 0) is 30.0 Å². The average Bonchev–Trinajstić information content (AvgIpc) is 3.20. The molecular formula is C13H14Cl2F2N2O. The monoisotopic (exact) mass is 322 g/mol. The van der Waals surface area contributed by atoms with E-state index in [4.69, 9.17) is 28.9 Å². The Hall–Kier alpha value is -0.910. The summed E-state index contributed by atoms with van der Waals surface area (Å²) in [5.74, 6) is -3.73. The van der Waals surface area contributed by atoms with Crippen LogP contribution in [0.5, 0.6) is 0 Å². The summed E-state index contributed by atoms with van der Waals surface area (Å²) in [7, 11) is 0. The number of benzene rings is 1. The maximum absolute atomic E-state index is 12.9. The highest BCUT2D eigenvalue weighted by Crippen LogP contribution is 2.48. The van der Waals surface area contributed by atoms with Gasteiger partial charge in [0.15, 0.2) is 0 Å². The second-order valence-electron chi connectivity index (χ2n) is 4.90. The molecule has 0 aromatic heterocycles. The van der Waals surface area contributed by atoms with Crippen molar-refractivity contribution in [2.24, 2.45) is 11.7 Å². The third kappa shape index (κ3) is 3.59. The van der Waals surface area contributed by atoms with Crippen molar-refractivity contribution >= 4 is 29.1 Å². The van der Waals surface area contributed by atoms with Gasteiger partial charge in [0.05, 0.1) is 23.1 Å². The van der Waals surface area contributed by atoms with E-state index in [1.54, 1.807) is 18.2 Å². The minimum absolute atomic E-state index is 0.0104. The highest BCUT2D eigenvalue weighted by Gasteiger charge is 2.44. The molecule has 7 heteroatoms. The lowest BCUT2D eigenvalue weighted by Gasteiger charge is -2.14. The van der Waals surface area contributed by atoms with Gasteiger partial charge in [-0.2, -0.15) is 0 Å².